The summed E-state index contributed by atoms with van der Waals surface area (Å²) in [5.41, 5.74) is -0.250. The van der Waals surface area contributed by atoms with E-state index in [1.807, 2.05) is 30.3 Å². The molecule has 0 saturated heterocycles. The summed E-state index contributed by atoms with van der Waals surface area (Å²) < 4.78 is 5.37. The van der Waals surface area contributed by atoms with Crippen LogP contribution in [0.3, 0.4) is 0 Å². The van der Waals surface area contributed by atoms with Gasteiger partial charge in [0, 0.05) is 16.5 Å². The predicted octanol–water partition coefficient (Wildman–Crippen LogP) is 4.79. The van der Waals surface area contributed by atoms with Gasteiger partial charge in [-0.1, -0.05) is 41.7 Å². The molecule has 1 amide bonds. The molecule has 1 heterocycles. The molecular weight excluding hydrogens is 404 g/mol. The second-order valence-electron chi connectivity index (χ2n) is 7.81. The van der Waals surface area contributed by atoms with Crippen LogP contribution in [0, 0.1) is 10.1 Å². The van der Waals surface area contributed by atoms with Gasteiger partial charge in [-0.25, -0.2) is 0 Å². The Hall–Kier alpha value is -3.26. The van der Waals surface area contributed by atoms with Crippen LogP contribution < -0.4 is 0 Å². The quantitative estimate of drug-likeness (QED) is 0.321. The molecule has 7 nitrogen and oxygen atoms in total. The molecule has 156 valence electrons. The Morgan fingerprint density at radius 2 is 1.77 bits per heavy atom. The minimum atomic E-state index is -0.684. The molecule has 0 atom stereocenters. The molecule has 0 aliphatic heterocycles. The van der Waals surface area contributed by atoms with E-state index < -0.39 is 16.5 Å². The number of nitrogens with zero attached hydrogens (tertiary/aromatic N) is 2. The highest BCUT2D eigenvalue weighted by Crippen LogP contribution is 2.26. The van der Waals surface area contributed by atoms with E-state index in [0.29, 0.717) is 10.4 Å². The summed E-state index contributed by atoms with van der Waals surface area (Å²) in [4.78, 5) is 38.1. The molecule has 3 rings (SSSR count). The predicted molar refractivity (Wildman–Crippen MR) is 116 cm³/mol. The molecule has 0 aliphatic carbocycles. The lowest BCUT2D eigenvalue weighted by Crippen LogP contribution is -2.38. The summed E-state index contributed by atoms with van der Waals surface area (Å²) >= 11 is 0.980. The molecule has 2 aromatic carbocycles. The number of ether oxygens (including phenoxy) is 1. The topological polar surface area (TPSA) is 89.8 Å². The highest BCUT2D eigenvalue weighted by Gasteiger charge is 2.24. The fourth-order valence-electron chi connectivity index (χ4n) is 2.97. The lowest BCUT2D eigenvalue weighted by Gasteiger charge is -2.25. The normalized spacial score (nSPS) is 11.3. The van der Waals surface area contributed by atoms with Crippen LogP contribution in [0.15, 0.2) is 54.6 Å². The van der Waals surface area contributed by atoms with Crippen molar-refractivity contribution in [3.05, 3.63) is 75.2 Å². The first kappa shape index (κ1) is 21.4. The second-order valence-corrected chi connectivity index (χ2v) is 8.95. The number of fused-ring (bicyclic) bond motifs is 1. The number of nitro groups is 1. The summed E-state index contributed by atoms with van der Waals surface area (Å²) in [6.45, 7) is 5.08. The van der Waals surface area contributed by atoms with Crippen molar-refractivity contribution in [2.75, 3.05) is 6.54 Å². The molecule has 3 aromatic rings. The number of hydrogen-bond donors (Lipinski definition) is 0. The van der Waals surface area contributed by atoms with Crippen LogP contribution in [0.4, 0.5) is 5.00 Å². The summed E-state index contributed by atoms with van der Waals surface area (Å²) in [6, 6.07) is 16.0. The summed E-state index contributed by atoms with van der Waals surface area (Å²) in [7, 11) is 0. The van der Waals surface area contributed by atoms with Crippen molar-refractivity contribution in [1.29, 1.82) is 0 Å². The maximum atomic E-state index is 13.2. The first-order valence-corrected chi connectivity index (χ1v) is 10.2. The molecule has 0 aliphatic rings. The lowest BCUT2D eigenvalue weighted by molar-refractivity contribution is -0.380. The minimum absolute atomic E-state index is 0.0135. The van der Waals surface area contributed by atoms with Crippen LogP contribution in [0.2, 0.25) is 0 Å². The van der Waals surface area contributed by atoms with E-state index in [-0.39, 0.29) is 24.0 Å². The van der Waals surface area contributed by atoms with Crippen LogP contribution in [-0.2, 0) is 16.1 Å². The van der Waals surface area contributed by atoms with Gasteiger partial charge in [-0.15, -0.1) is 0 Å². The van der Waals surface area contributed by atoms with Crippen molar-refractivity contribution in [1.82, 2.24) is 4.90 Å². The third kappa shape index (κ3) is 5.42. The van der Waals surface area contributed by atoms with Gasteiger partial charge < -0.3 is 9.64 Å². The third-order valence-electron chi connectivity index (χ3n) is 4.20. The van der Waals surface area contributed by atoms with E-state index in [1.165, 1.54) is 11.0 Å². The number of rotatable bonds is 6. The molecule has 0 bridgehead atoms. The monoisotopic (exact) mass is 426 g/mol. The van der Waals surface area contributed by atoms with Gasteiger partial charge in [-0.3, -0.25) is 19.7 Å². The van der Waals surface area contributed by atoms with E-state index in [2.05, 4.69) is 0 Å². The van der Waals surface area contributed by atoms with Gasteiger partial charge >= 0.3 is 11.0 Å². The average Bonchev–Trinajstić information content (AvgIpc) is 3.14. The van der Waals surface area contributed by atoms with Gasteiger partial charge in [0.05, 0.1) is 11.5 Å². The molecule has 0 saturated carbocycles. The zero-order valence-electron chi connectivity index (χ0n) is 17.0. The Labute approximate surface area is 178 Å². The van der Waals surface area contributed by atoms with Crippen LogP contribution in [0.1, 0.15) is 36.0 Å². The minimum Gasteiger partial charge on any atom is -0.459 e. The van der Waals surface area contributed by atoms with Crippen molar-refractivity contribution in [3.63, 3.8) is 0 Å². The standard InChI is InChI=1S/C22H22N2O5S/c1-22(2,3)29-20(25)14-23(13-18-10-11-19(30-18)24(27)28)21(26)17-9-8-15-6-4-5-7-16(15)12-17/h4-12H,13-14H2,1-3H3. The van der Waals surface area contributed by atoms with Gasteiger partial charge in [0.15, 0.2) is 0 Å². The van der Waals surface area contributed by atoms with Gasteiger partial charge in [0.2, 0.25) is 0 Å². The van der Waals surface area contributed by atoms with Gasteiger partial charge in [0.1, 0.15) is 12.1 Å². The summed E-state index contributed by atoms with van der Waals surface area (Å²) in [6.07, 6.45) is 0. The fraction of sp³-hybridized carbons (Fsp3) is 0.273. The number of hydrogen-bond acceptors (Lipinski definition) is 6. The summed E-state index contributed by atoms with van der Waals surface area (Å²) in [5, 5.41) is 12.9. The Bertz CT molecular complexity index is 1100. The number of carbonyl (C=O) groups excluding carboxylic acids is 2. The van der Waals surface area contributed by atoms with Crippen LogP contribution in [0.25, 0.3) is 10.8 Å². The van der Waals surface area contributed by atoms with Crippen LogP contribution >= 0.6 is 11.3 Å². The molecule has 0 unspecified atom stereocenters. The van der Waals surface area contributed by atoms with Crippen molar-refractivity contribution in [2.24, 2.45) is 0 Å². The van der Waals surface area contributed by atoms with Crippen molar-refractivity contribution in [2.45, 2.75) is 32.9 Å². The van der Waals surface area contributed by atoms with Crippen molar-refractivity contribution >= 4 is 39.0 Å². The third-order valence-corrected chi connectivity index (χ3v) is 5.22. The number of carbonyl (C=O) groups is 2. The van der Waals surface area contributed by atoms with E-state index in [1.54, 1.807) is 39.0 Å². The fourth-order valence-corrected chi connectivity index (χ4v) is 3.81. The van der Waals surface area contributed by atoms with Crippen LogP contribution in [0.5, 0.6) is 0 Å². The summed E-state index contributed by atoms with van der Waals surface area (Å²) in [5.74, 6) is -0.884. The Kier molecular flexibility index (Phi) is 6.17. The van der Waals surface area contributed by atoms with Crippen molar-refractivity contribution < 1.29 is 19.2 Å². The first-order valence-electron chi connectivity index (χ1n) is 9.35. The number of amides is 1. The Morgan fingerprint density at radius 1 is 1.07 bits per heavy atom. The molecule has 0 spiro atoms. The molecule has 30 heavy (non-hydrogen) atoms. The SMILES string of the molecule is CC(C)(C)OC(=O)CN(Cc1ccc([N+](=O)[O-])s1)C(=O)c1ccc2ccccc2c1. The van der Waals surface area contributed by atoms with Crippen LogP contribution in [-0.4, -0.2) is 33.8 Å². The number of esters is 1. The highest BCUT2D eigenvalue weighted by molar-refractivity contribution is 7.15. The van der Waals surface area contributed by atoms with Crippen molar-refractivity contribution in [3.8, 4) is 0 Å². The van der Waals surface area contributed by atoms with Gasteiger partial charge in [0.25, 0.3) is 5.91 Å². The van der Waals surface area contributed by atoms with E-state index in [4.69, 9.17) is 4.74 Å². The van der Waals surface area contributed by atoms with E-state index in [9.17, 15) is 19.7 Å². The second kappa shape index (κ2) is 8.62. The molecule has 0 radical (unpaired) electrons. The lowest BCUT2D eigenvalue weighted by atomic mass is 10.1. The van der Waals surface area contributed by atoms with Gasteiger partial charge in [-0.05, 0) is 49.7 Å². The largest absolute Gasteiger partial charge is 0.459 e. The molecule has 0 fully saturated rings. The average molecular weight is 426 g/mol. The highest BCUT2D eigenvalue weighted by atomic mass is 32.1. The molecular formula is C22H22N2O5S. The first-order chi connectivity index (χ1) is 14.1. The molecule has 1 aromatic heterocycles. The number of thiophene rings is 1. The molecule has 0 N–H and O–H groups in total. The maximum Gasteiger partial charge on any atom is 0.326 e. The van der Waals surface area contributed by atoms with Gasteiger partial charge in [-0.2, -0.15) is 0 Å². The van der Waals surface area contributed by atoms with E-state index in [0.717, 1.165) is 22.1 Å². The maximum absolute atomic E-state index is 13.2. The number of benzene rings is 2. The zero-order valence-corrected chi connectivity index (χ0v) is 17.8. The Balaban J connectivity index is 1.88. The smallest absolute Gasteiger partial charge is 0.326 e. The Morgan fingerprint density at radius 3 is 2.40 bits per heavy atom. The zero-order chi connectivity index (χ0) is 21.9. The molecule has 8 heteroatoms. The van der Waals surface area contributed by atoms with E-state index >= 15 is 0 Å².